The zero-order valence-corrected chi connectivity index (χ0v) is 12.5. The number of benzene rings is 1. The van der Waals surface area contributed by atoms with Gasteiger partial charge in [0.25, 0.3) is 0 Å². The first-order valence-electron chi connectivity index (χ1n) is 6.83. The molecule has 1 aliphatic rings. The summed E-state index contributed by atoms with van der Waals surface area (Å²) in [5.74, 6) is 0. The average Bonchev–Trinajstić information content (AvgIpc) is 2.40. The van der Waals surface area contributed by atoms with Crippen LogP contribution in [-0.2, 0) is 4.74 Å². The second-order valence-corrected chi connectivity index (χ2v) is 5.97. The van der Waals surface area contributed by atoms with E-state index in [1.165, 1.54) is 5.56 Å². The number of hydrogen-bond donors (Lipinski definition) is 1. The molecule has 0 saturated carbocycles. The van der Waals surface area contributed by atoms with Crippen LogP contribution in [0.25, 0.3) is 0 Å². The lowest BCUT2D eigenvalue weighted by atomic mass is 9.92. The molecule has 1 aromatic carbocycles. The van der Waals surface area contributed by atoms with E-state index in [1.807, 2.05) is 18.2 Å². The van der Waals surface area contributed by atoms with Gasteiger partial charge in [0.2, 0.25) is 0 Å². The SMILES string of the molecule is COC1(C)CCCN(C(CN)c2cccc(Cl)c2)C1. The first-order valence-corrected chi connectivity index (χ1v) is 7.20. The Morgan fingerprint density at radius 1 is 1.53 bits per heavy atom. The maximum absolute atomic E-state index is 6.08. The molecule has 2 rings (SSSR count). The first kappa shape index (κ1) is 14.8. The number of nitrogens with two attached hydrogens (primary N) is 1. The van der Waals surface area contributed by atoms with Crippen LogP contribution in [0.1, 0.15) is 31.4 Å². The van der Waals surface area contributed by atoms with Gasteiger partial charge in [-0.05, 0) is 44.0 Å². The third-order valence-corrected chi connectivity index (χ3v) is 4.31. The summed E-state index contributed by atoms with van der Waals surface area (Å²) in [5, 5.41) is 0.766. The lowest BCUT2D eigenvalue weighted by molar-refractivity contribution is -0.0608. The van der Waals surface area contributed by atoms with E-state index in [4.69, 9.17) is 22.1 Å². The highest BCUT2D eigenvalue weighted by Gasteiger charge is 2.34. The van der Waals surface area contributed by atoms with E-state index >= 15 is 0 Å². The molecule has 3 nitrogen and oxygen atoms in total. The van der Waals surface area contributed by atoms with Gasteiger partial charge in [-0.2, -0.15) is 0 Å². The van der Waals surface area contributed by atoms with Gasteiger partial charge < -0.3 is 10.5 Å². The summed E-state index contributed by atoms with van der Waals surface area (Å²) in [6.45, 7) is 4.75. The summed E-state index contributed by atoms with van der Waals surface area (Å²) in [6, 6.07) is 8.21. The normalized spacial score (nSPS) is 26.3. The molecular formula is C15H23ClN2O. The van der Waals surface area contributed by atoms with Crippen molar-refractivity contribution >= 4 is 11.6 Å². The van der Waals surface area contributed by atoms with E-state index in [0.29, 0.717) is 6.54 Å². The maximum atomic E-state index is 6.08. The molecule has 2 N–H and O–H groups in total. The summed E-state index contributed by atoms with van der Waals surface area (Å²) >= 11 is 6.08. The van der Waals surface area contributed by atoms with Crippen molar-refractivity contribution in [2.45, 2.75) is 31.4 Å². The van der Waals surface area contributed by atoms with Gasteiger partial charge in [0.05, 0.1) is 5.60 Å². The highest BCUT2D eigenvalue weighted by atomic mass is 35.5. The minimum absolute atomic E-state index is 0.0652. The topological polar surface area (TPSA) is 38.5 Å². The Kier molecular flexibility index (Phi) is 4.85. The van der Waals surface area contributed by atoms with Crippen LogP contribution in [0.15, 0.2) is 24.3 Å². The van der Waals surface area contributed by atoms with Crippen molar-refractivity contribution in [2.24, 2.45) is 5.73 Å². The van der Waals surface area contributed by atoms with Gasteiger partial charge in [-0.1, -0.05) is 23.7 Å². The number of methoxy groups -OCH3 is 1. The largest absolute Gasteiger partial charge is 0.377 e. The molecule has 0 radical (unpaired) electrons. The minimum atomic E-state index is -0.0652. The molecule has 1 fully saturated rings. The molecule has 1 saturated heterocycles. The van der Waals surface area contributed by atoms with Gasteiger partial charge in [-0.3, -0.25) is 4.90 Å². The van der Waals surface area contributed by atoms with Crippen molar-refractivity contribution in [3.8, 4) is 0 Å². The van der Waals surface area contributed by atoms with Crippen molar-refractivity contribution in [1.82, 2.24) is 4.90 Å². The molecule has 0 bridgehead atoms. The van der Waals surface area contributed by atoms with Gasteiger partial charge >= 0.3 is 0 Å². The standard InChI is InChI=1S/C15H23ClN2O/c1-15(19-2)7-4-8-18(11-15)14(10-17)12-5-3-6-13(16)9-12/h3,5-6,9,14H,4,7-8,10-11,17H2,1-2H3. The maximum Gasteiger partial charge on any atom is 0.0777 e. The molecular weight excluding hydrogens is 260 g/mol. The molecule has 0 aromatic heterocycles. The number of rotatable bonds is 4. The Morgan fingerprint density at radius 2 is 2.32 bits per heavy atom. The van der Waals surface area contributed by atoms with Gasteiger partial charge in [-0.25, -0.2) is 0 Å². The summed E-state index contributed by atoms with van der Waals surface area (Å²) in [7, 11) is 1.79. The van der Waals surface area contributed by atoms with Crippen LogP contribution in [0.2, 0.25) is 5.02 Å². The minimum Gasteiger partial charge on any atom is -0.377 e. The molecule has 0 aliphatic carbocycles. The van der Waals surface area contributed by atoms with Crippen LogP contribution in [0.3, 0.4) is 0 Å². The average molecular weight is 283 g/mol. The lowest BCUT2D eigenvalue weighted by Crippen LogP contribution is -2.49. The number of likely N-dealkylation sites (tertiary alicyclic amines) is 1. The molecule has 0 spiro atoms. The van der Waals surface area contributed by atoms with E-state index in [2.05, 4.69) is 17.9 Å². The Bertz CT molecular complexity index is 426. The Morgan fingerprint density at radius 3 is 2.95 bits per heavy atom. The second-order valence-electron chi connectivity index (χ2n) is 5.53. The molecule has 19 heavy (non-hydrogen) atoms. The van der Waals surface area contributed by atoms with Gasteiger partial charge in [0, 0.05) is 31.3 Å². The second kappa shape index (κ2) is 6.23. The number of halogens is 1. The zero-order valence-electron chi connectivity index (χ0n) is 11.7. The third-order valence-electron chi connectivity index (χ3n) is 4.08. The lowest BCUT2D eigenvalue weighted by Gasteiger charge is -2.43. The van der Waals surface area contributed by atoms with Crippen LogP contribution in [0.4, 0.5) is 0 Å². The number of ether oxygens (including phenoxy) is 1. The summed E-state index contributed by atoms with van der Waals surface area (Å²) in [4.78, 5) is 2.42. The van der Waals surface area contributed by atoms with Crippen LogP contribution < -0.4 is 5.73 Å². The highest BCUT2D eigenvalue weighted by molar-refractivity contribution is 6.30. The monoisotopic (exact) mass is 282 g/mol. The number of hydrogen-bond acceptors (Lipinski definition) is 3. The van der Waals surface area contributed by atoms with Gasteiger partial charge in [0.15, 0.2) is 0 Å². The van der Waals surface area contributed by atoms with E-state index in [1.54, 1.807) is 7.11 Å². The molecule has 2 unspecified atom stereocenters. The van der Waals surface area contributed by atoms with E-state index in [0.717, 1.165) is 31.0 Å². The Hall–Kier alpha value is -0.610. The number of piperidine rings is 1. The van der Waals surface area contributed by atoms with Crippen molar-refractivity contribution in [3.05, 3.63) is 34.9 Å². The zero-order chi connectivity index (χ0) is 13.9. The molecule has 4 heteroatoms. The summed E-state index contributed by atoms with van der Waals surface area (Å²) in [6.07, 6.45) is 2.24. The van der Waals surface area contributed by atoms with Crippen LogP contribution in [-0.4, -0.2) is 37.2 Å². The Labute approximate surface area is 120 Å². The molecule has 2 atom stereocenters. The fourth-order valence-electron chi connectivity index (χ4n) is 2.89. The van der Waals surface area contributed by atoms with Crippen molar-refractivity contribution in [2.75, 3.05) is 26.7 Å². The first-order chi connectivity index (χ1) is 9.08. The van der Waals surface area contributed by atoms with Crippen molar-refractivity contribution < 1.29 is 4.74 Å². The van der Waals surface area contributed by atoms with Crippen LogP contribution in [0, 0.1) is 0 Å². The fraction of sp³-hybridized carbons (Fsp3) is 0.600. The molecule has 1 aromatic rings. The van der Waals surface area contributed by atoms with Crippen LogP contribution >= 0.6 is 11.6 Å². The molecule has 106 valence electrons. The molecule has 0 amide bonds. The smallest absolute Gasteiger partial charge is 0.0777 e. The summed E-state index contributed by atoms with van der Waals surface area (Å²) in [5.41, 5.74) is 7.12. The van der Waals surface area contributed by atoms with E-state index in [-0.39, 0.29) is 11.6 Å². The molecule has 1 aliphatic heterocycles. The fourth-order valence-corrected chi connectivity index (χ4v) is 3.09. The quantitative estimate of drug-likeness (QED) is 0.923. The molecule has 1 heterocycles. The van der Waals surface area contributed by atoms with Gasteiger partial charge in [-0.15, -0.1) is 0 Å². The van der Waals surface area contributed by atoms with Gasteiger partial charge in [0.1, 0.15) is 0 Å². The third kappa shape index (κ3) is 3.48. The number of nitrogens with zero attached hydrogens (tertiary/aromatic N) is 1. The predicted molar refractivity (Wildman–Crippen MR) is 79.5 cm³/mol. The van der Waals surface area contributed by atoms with Crippen molar-refractivity contribution in [3.63, 3.8) is 0 Å². The predicted octanol–water partition coefficient (Wildman–Crippen LogP) is 2.84. The van der Waals surface area contributed by atoms with Crippen molar-refractivity contribution in [1.29, 1.82) is 0 Å². The summed E-state index contributed by atoms with van der Waals surface area (Å²) < 4.78 is 5.65. The van der Waals surface area contributed by atoms with E-state index in [9.17, 15) is 0 Å². The van der Waals surface area contributed by atoms with Crippen LogP contribution in [0.5, 0.6) is 0 Å². The Balaban J connectivity index is 2.17. The highest BCUT2D eigenvalue weighted by Crippen LogP contribution is 2.30. The van der Waals surface area contributed by atoms with E-state index < -0.39 is 0 Å².